The maximum atomic E-state index is 12.0. The summed E-state index contributed by atoms with van der Waals surface area (Å²) in [6.07, 6.45) is 2.35. The van der Waals surface area contributed by atoms with Crippen molar-refractivity contribution in [1.82, 2.24) is 4.98 Å². The first-order chi connectivity index (χ1) is 15.3. The van der Waals surface area contributed by atoms with Crippen LogP contribution < -0.4 is 0 Å². The van der Waals surface area contributed by atoms with E-state index in [1.807, 2.05) is 6.92 Å². The lowest BCUT2D eigenvalue weighted by atomic mass is 9.96. The summed E-state index contributed by atoms with van der Waals surface area (Å²) in [5.41, 5.74) is 0.467. The van der Waals surface area contributed by atoms with Crippen LogP contribution in [0.1, 0.15) is 24.3 Å². The number of hydrogen-bond donors (Lipinski definition) is 4. The minimum Gasteiger partial charge on any atom is -0.377 e. The molecule has 0 aliphatic carbocycles. The van der Waals surface area contributed by atoms with Crippen molar-refractivity contribution in [2.75, 3.05) is 12.4 Å². The third-order valence-electron chi connectivity index (χ3n) is 3.82. The molecule has 2 rings (SSSR count). The van der Waals surface area contributed by atoms with Gasteiger partial charge in [0.2, 0.25) is 5.14 Å². The van der Waals surface area contributed by atoms with E-state index in [9.17, 15) is 23.5 Å². The molecule has 2 heterocycles. The number of halogens is 1. The highest BCUT2D eigenvalue weighted by Gasteiger charge is 2.43. The first-order valence-corrected chi connectivity index (χ1v) is 17.6. The van der Waals surface area contributed by atoms with Crippen LogP contribution in [0.3, 0.4) is 0 Å². The van der Waals surface area contributed by atoms with Gasteiger partial charge in [0, 0.05) is 24.1 Å². The lowest BCUT2D eigenvalue weighted by Crippen LogP contribution is -2.29. The van der Waals surface area contributed by atoms with Gasteiger partial charge in [-0.25, -0.2) is 13.7 Å². The Kier molecular flexibility index (Phi) is 12.4. The monoisotopic (exact) mass is 679 g/mol. The highest BCUT2D eigenvalue weighted by atomic mass is 127. The van der Waals surface area contributed by atoms with Crippen LogP contribution >= 0.6 is 67.4 Å². The fraction of sp³-hybridized carbons (Fsp3) is 0.615. The molecule has 1 aliphatic rings. The van der Waals surface area contributed by atoms with Gasteiger partial charge >= 0.3 is 23.5 Å². The molecule has 1 aromatic heterocycles. The van der Waals surface area contributed by atoms with E-state index in [4.69, 9.17) is 23.8 Å². The Morgan fingerprint density at radius 1 is 1.21 bits per heavy atom. The van der Waals surface area contributed by atoms with Crippen molar-refractivity contribution in [1.29, 1.82) is 0 Å². The van der Waals surface area contributed by atoms with Crippen LogP contribution in [0.2, 0.25) is 0 Å². The summed E-state index contributed by atoms with van der Waals surface area (Å²) in [4.78, 5) is 40.2. The summed E-state index contributed by atoms with van der Waals surface area (Å²) in [7, 11) is -13.2. The van der Waals surface area contributed by atoms with Crippen molar-refractivity contribution in [2.45, 2.75) is 37.0 Å². The summed E-state index contributed by atoms with van der Waals surface area (Å²) >= 11 is 2.12. The van der Waals surface area contributed by atoms with Crippen molar-refractivity contribution in [2.24, 2.45) is 0 Å². The van der Waals surface area contributed by atoms with Crippen molar-refractivity contribution < 1.29 is 55.9 Å². The Morgan fingerprint density at radius 2 is 1.88 bits per heavy atom. The van der Waals surface area contributed by atoms with E-state index in [0.29, 0.717) is 11.6 Å². The zero-order chi connectivity index (χ0) is 24.7. The van der Waals surface area contributed by atoms with Gasteiger partial charge in [-0.3, -0.25) is 9.51 Å². The van der Waals surface area contributed by atoms with Crippen LogP contribution in [0.15, 0.2) is 24.5 Å². The highest BCUT2D eigenvalue weighted by Crippen LogP contribution is 2.66. The molecule has 4 N–H and O–H groups in total. The molecule has 0 amide bonds. The maximum Gasteiger partial charge on any atom is 0.490 e. The molecule has 0 saturated carbocycles. The van der Waals surface area contributed by atoms with Gasteiger partial charge in [-0.2, -0.15) is 31.0 Å². The predicted octanol–water partition coefficient (Wildman–Crippen LogP) is 3.11. The Morgan fingerprint density at radius 3 is 2.45 bits per heavy atom. The third kappa shape index (κ3) is 11.3. The lowest BCUT2D eigenvalue weighted by molar-refractivity contribution is -0.0447. The molecular formula is C13H22BINO12P3S2. The van der Waals surface area contributed by atoms with E-state index in [1.54, 1.807) is 35.3 Å². The number of nitrogens with zero attached hydrogens (tertiary/aromatic N) is 1. The summed E-state index contributed by atoms with van der Waals surface area (Å²) in [5.74, 6) is 0.836. The Hall–Kier alpha value is 0.975. The van der Waals surface area contributed by atoms with Crippen molar-refractivity contribution in [3.63, 3.8) is 0 Å². The van der Waals surface area contributed by atoms with E-state index in [1.165, 1.54) is 10.8 Å². The van der Waals surface area contributed by atoms with Crippen LogP contribution in [0.5, 0.6) is 0 Å². The van der Waals surface area contributed by atoms with Gasteiger partial charge in [0.05, 0.1) is 12.7 Å². The molecule has 6 atom stereocenters. The van der Waals surface area contributed by atoms with Crippen molar-refractivity contribution in [3.8, 4) is 0 Å². The first kappa shape index (κ1) is 30.2. The molecule has 20 heteroatoms. The van der Waals surface area contributed by atoms with Gasteiger partial charge in [0.1, 0.15) is 11.5 Å². The number of phosphoric ester groups is 1. The fourth-order valence-electron chi connectivity index (χ4n) is 2.63. The molecule has 33 heavy (non-hydrogen) atoms. The van der Waals surface area contributed by atoms with Crippen LogP contribution in [0.4, 0.5) is 0 Å². The van der Waals surface area contributed by atoms with Crippen molar-refractivity contribution in [3.05, 3.63) is 30.1 Å². The van der Waals surface area contributed by atoms with Crippen molar-refractivity contribution >= 4 is 72.6 Å². The first-order valence-electron chi connectivity index (χ1n) is 9.17. The van der Waals surface area contributed by atoms with Crippen LogP contribution in [-0.4, -0.2) is 60.3 Å². The van der Waals surface area contributed by atoms with Gasteiger partial charge < -0.3 is 29.0 Å². The topological polar surface area (TPSA) is 191 Å². The van der Waals surface area contributed by atoms with E-state index in [-0.39, 0.29) is 6.00 Å². The van der Waals surface area contributed by atoms with Gasteiger partial charge in [-0.1, -0.05) is 28.5 Å². The van der Waals surface area contributed by atoms with Gasteiger partial charge in [0.15, 0.2) is 0 Å². The molecule has 1 fully saturated rings. The van der Waals surface area contributed by atoms with E-state index < -0.39 is 47.7 Å². The molecule has 0 spiro atoms. The molecular weight excluding hydrogens is 657 g/mol. The Balaban J connectivity index is 2.06. The Labute approximate surface area is 212 Å². The zero-order valence-corrected chi connectivity index (χ0v) is 23.5. The molecule has 13 nitrogen and oxygen atoms in total. The lowest BCUT2D eigenvalue weighted by Gasteiger charge is -2.25. The SMILES string of the molecule is CCSSC(OC1CC(BI)OC1COP(=O)(O)OP(=O)(O)OP(=O)(O)O)c1ccncc1. The maximum absolute atomic E-state index is 12.0. The molecule has 6 unspecified atom stereocenters. The second-order valence-electron chi connectivity index (χ2n) is 6.36. The second-order valence-corrected chi connectivity index (χ2v) is 14.4. The van der Waals surface area contributed by atoms with Crippen LogP contribution in [-0.2, 0) is 36.3 Å². The number of aromatic nitrogens is 1. The number of hydrogen-bond acceptors (Lipinski definition) is 11. The molecule has 0 radical (unpaired) electrons. The third-order valence-corrected chi connectivity index (χ3v) is 11.2. The summed E-state index contributed by atoms with van der Waals surface area (Å²) in [5, 5.41) is 0.611. The van der Waals surface area contributed by atoms with Crippen LogP contribution in [0, 0.1) is 0 Å². The predicted molar refractivity (Wildman–Crippen MR) is 132 cm³/mol. The second kappa shape index (κ2) is 13.5. The van der Waals surface area contributed by atoms with E-state index >= 15 is 0 Å². The minimum atomic E-state index is -5.59. The van der Waals surface area contributed by atoms with Gasteiger partial charge in [-0.05, 0) is 24.1 Å². The number of pyridine rings is 1. The number of phosphoric acid groups is 3. The van der Waals surface area contributed by atoms with Gasteiger partial charge in [-0.15, -0.1) is 0 Å². The summed E-state index contributed by atoms with van der Waals surface area (Å²) in [6.45, 7) is 1.44. The number of ether oxygens (including phenoxy) is 2. The number of rotatable bonds is 14. The summed E-state index contributed by atoms with van der Waals surface area (Å²) in [6, 6.07) is 3.38. The molecule has 188 valence electrons. The minimum absolute atomic E-state index is 0.230. The average molecular weight is 679 g/mol. The largest absolute Gasteiger partial charge is 0.490 e. The smallest absolute Gasteiger partial charge is 0.377 e. The summed E-state index contributed by atoms with van der Waals surface area (Å²) < 4.78 is 58.5. The Bertz CT molecular complexity index is 901. The fourth-order valence-corrected chi connectivity index (χ4v) is 8.19. The molecule has 1 saturated heterocycles. The normalized spacial score (nSPS) is 25.8. The molecule has 1 aromatic rings. The van der Waals surface area contributed by atoms with E-state index in [2.05, 4.69) is 36.0 Å². The van der Waals surface area contributed by atoms with Crippen LogP contribution in [0.25, 0.3) is 0 Å². The zero-order valence-electron chi connectivity index (χ0n) is 17.0. The van der Waals surface area contributed by atoms with E-state index in [0.717, 1.165) is 11.3 Å². The molecule has 1 aliphatic heterocycles. The average Bonchev–Trinajstić information content (AvgIpc) is 3.09. The molecule has 0 bridgehead atoms. The highest BCUT2D eigenvalue weighted by molar-refractivity contribution is 14.1. The quantitative estimate of drug-likeness (QED) is 0.0737. The standard InChI is InChI=1S/C13H22BINO12P3S2/c1-2-32-33-13(9-3-5-16-6-4-9)26-10-7-12(14-15)25-11(10)8-24-30(20,21)28-31(22,23)27-29(17,18)19/h3-6,10-14H,2,7-8H2,1H3,(H,20,21)(H,22,23)(H2,17,18,19). The van der Waals surface area contributed by atoms with Gasteiger partial charge in [0.25, 0.3) is 0 Å². The molecule has 0 aromatic carbocycles.